The van der Waals surface area contributed by atoms with E-state index in [1.54, 1.807) is 0 Å². The lowest BCUT2D eigenvalue weighted by Crippen LogP contribution is -2.31. The average molecular weight is 1520 g/mol. The van der Waals surface area contributed by atoms with Crippen LogP contribution in [0.2, 0.25) is 0 Å². The highest BCUT2D eigenvalue weighted by atomic mass is 79.9. The molecule has 2 aliphatic rings. The Bertz CT molecular complexity index is 7110. The van der Waals surface area contributed by atoms with Gasteiger partial charge in [-0.2, -0.15) is 0 Å². The van der Waals surface area contributed by atoms with Crippen LogP contribution in [0.3, 0.4) is 0 Å². The molecule has 540 valence electrons. The van der Waals surface area contributed by atoms with Gasteiger partial charge >= 0.3 is 7.12 Å². The standard InChI is InChI=1S/C55H38.C35H25Br.C20H15BO2/c1-55(2)49-32-38(54-44-28-16-12-24-40(44)51(35-18-6-3-7-19-35)41-25-13-17-29-45(41)54)30-31-39(49)46-33-47-48(34-50(46)55)53(37-22-10-5-11-23-37)43-27-15-14-26-42(43)52(47)36-20-8-4-9-21-36;1-35(2)31-19-24(36)17-18-25(31)28-20-29-30(21-32(28)35)34(23-13-7-4-8-14-23)27-16-10-9-15-26(27)33(29)22-11-5-3-6-12-22;22-21(23)20-17-12-6-4-10-15(17)19(14-8-2-1-3-9-14)16-11-5-7-13-18(16)20/h3-34H,1-2H3;3-21H,1-2H3;1-13,22-23H. The fraction of sp³-hybridized carbons (Fsp3) is 0.0545. The molecule has 0 unspecified atom stereocenters. The lowest BCUT2D eigenvalue weighted by molar-refractivity contribution is 0.426. The van der Waals surface area contributed by atoms with Gasteiger partial charge in [-0.3, -0.25) is 0 Å². The molecule has 0 radical (unpaired) electrons. The maximum atomic E-state index is 9.94. The SMILES string of the molecule is CC1(C)c2cc(-c3c4ccccc4c(-c4ccccc4)c4ccccc34)ccc2-c2cc3c(-c4ccccc4)c4ccccc4c(-c4ccccc4)c3cc21.CC1(C)c2cc(Br)ccc2-c2cc3c(-c4ccccc4)c4ccccc4c(-c4ccccc4)c3cc21.OB(O)c1c2ccccc2c(-c2ccccc2)c2ccccc12. The van der Waals surface area contributed by atoms with Crippen molar-refractivity contribution in [1.82, 2.24) is 0 Å². The molecular weight excluding hydrogens is 1440 g/mol. The normalized spacial score (nSPS) is 12.8. The van der Waals surface area contributed by atoms with Gasteiger partial charge in [0.05, 0.1) is 0 Å². The summed E-state index contributed by atoms with van der Waals surface area (Å²) in [6, 6.07) is 140. The van der Waals surface area contributed by atoms with Gasteiger partial charge in [-0.1, -0.05) is 389 Å². The molecule has 20 aromatic carbocycles. The molecule has 0 aromatic heterocycles. The van der Waals surface area contributed by atoms with E-state index in [9.17, 15) is 10.0 Å². The van der Waals surface area contributed by atoms with Crippen molar-refractivity contribution in [3.8, 4) is 100 Å². The minimum atomic E-state index is -1.50. The molecular formula is C110H78BBrO2. The lowest BCUT2D eigenvalue weighted by atomic mass is 9.72. The van der Waals surface area contributed by atoms with Crippen LogP contribution in [-0.4, -0.2) is 17.2 Å². The summed E-state index contributed by atoms with van der Waals surface area (Å²) in [5, 5.41) is 39.2. The minimum Gasteiger partial charge on any atom is -0.423 e. The highest BCUT2D eigenvalue weighted by Gasteiger charge is 2.39. The van der Waals surface area contributed by atoms with Crippen LogP contribution >= 0.6 is 15.9 Å². The van der Waals surface area contributed by atoms with E-state index in [4.69, 9.17) is 0 Å². The molecule has 2 nitrogen and oxygen atoms in total. The van der Waals surface area contributed by atoms with E-state index in [0.29, 0.717) is 5.46 Å². The second-order valence-corrected chi connectivity index (χ2v) is 32.4. The summed E-state index contributed by atoms with van der Waals surface area (Å²) >= 11 is 3.72. The van der Waals surface area contributed by atoms with Crippen LogP contribution in [0.4, 0.5) is 0 Å². The van der Waals surface area contributed by atoms with Gasteiger partial charge in [0.25, 0.3) is 0 Å². The summed E-state index contributed by atoms with van der Waals surface area (Å²) in [6.45, 7) is 9.56. The van der Waals surface area contributed by atoms with Gasteiger partial charge in [-0.15, -0.1) is 0 Å². The molecule has 2 N–H and O–H groups in total. The molecule has 2 aliphatic carbocycles. The monoisotopic (exact) mass is 1520 g/mol. The van der Waals surface area contributed by atoms with Gasteiger partial charge in [0.2, 0.25) is 0 Å². The molecule has 0 atom stereocenters. The Balaban J connectivity index is 0.000000122. The van der Waals surface area contributed by atoms with Crippen LogP contribution in [0, 0.1) is 0 Å². The van der Waals surface area contributed by atoms with Crippen LogP contribution in [0.25, 0.3) is 186 Å². The van der Waals surface area contributed by atoms with Gasteiger partial charge in [-0.25, -0.2) is 0 Å². The number of hydrogen-bond donors (Lipinski definition) is 2. The topological polar surface area (TPSA) is 40.5 Å². The smallest absolute Gasteiger partial charge is 0.423 e. The summed E-state index contributed by atoms with van der Waals surface area (Å²) in [5.41, 5.74) is 28.8. The van der Waals surface area contributed by atoms with E-state index in [1.165, 1.54) is 176 Å². The molecule has 0 aliphatic heterocycles. The quantitative estimate of drug-likeness (QED) is 0.118. The summed E-state index contributed by atoms with van der Waals surface area (Å²) in [6.07, 6.45) is 0. The van der Waals surface area contributed by atoms with Crippen molar-refractivity contribution in [3.63, 3.8) is 0 Å². The molecule has 22 rings (SSSR count). The van der Waals surface area contributed by atoms with E-state index in [-0.39, 0.29) is 10.8 Å². The van der Waals surface area contributed by atoms with Gasteiger partial charge in [0, 0.05) is 15.3 Å². The van der Waals surface area contributed by atoms with Crippen molar-refractivity contribution < 1.29 is 10.0 Å². The first-order chi connectivity index (χ1) is 55.9. The Morgan fingerprint density at radius 2 is 0.404 bits per heavy atom. The third-order valence-electron chi connectivity index (χ3n) is 24.4. The van der Waals surface area contributed by atoms with Crippen molar-refractivity contribution in [3.05, 3.63) is 415 Å². The van der Waals surface area contributed by atoms with Crippen molar-refractivity contribution >= 4 is 115 Å². The van der Waals surface area contributed by atoms with Crippen molar-refractivity contribution in [2.45, 2.75) is 38.5 Å². The number of benzene rings is 20. The molecule has 0 amide bonds. The molecule has 0 spiro atoms. The molecule has 0 saturated carbocycles. The summed E-state index contributed by atoms with van der Waals surface area (Å²) in [5.74, 6) is 0. The number of halogens is 1. The molecule has 20 aromatic rings. The first kappa shape index (κ1) is 70.1. The van der Waals surface area contributed by atoms with Crippen LogP contribution in [0.1, 0.15) is 49.9 Å². The third kappa shape index (κ3) is 11.5. The van der Waals surface area contributed by atoms with Gasteiger partial charge < -0.3 is 10.0 Å². The van der Waals surface area contributed by atoms with Crippen LogP contribution < -0.4 is 5.46 Å². The van der Waals surface area contributed by atoms with Gasteiger partial charge in [0.15, 0.2) is 0 Å². The van der Waals surface area contributed by atoms with Gasteiger partial charge in [-0.05, 0) is 257 Å². The van der Waals surface area contributed by atoms with E-state index in [1.807, 2.05) is 66.7 Å². The largest absolute Gasteiger partial charge is 0.489 e. The third-order valence-corrected chi connectivity index (χ3v) is 24.9. The van der Waals surface area contributed by atoms with Crippen LogP contribution in [0.15, 0.2) is 393 Å². The van der Waals surface area contributed by atoms with Crippen molar-refractivity contribution in [2.24, 2.45) is 0 Å². The maximum Gasteiger partial charge on any atom is 0.489 e. The number of hydrogen-bond acceptors (Lipinski definition) is 2. The van der Waals surface area contributed by atoms with E-state index in [2.05, 4.69) is 365 Å². The molecule has 0 fully saturated rings. The molecule has 0 heterocycles. The fourth-order valence-corrected chi connectivity index (χ4v) is 19.7. The molecule has 0 bridgehead atoms. The Hall–Kier alpha value is -13.1. The molecule has 114 heavy (non-hydrogen) atoms. The molecule has 4 heteroatoms. The van der Waals surface area contributed by atoms with Gasteiger partial charge in [0.1, 0.15) is 0 Å². The van der Waals surface area contributed by atoms with Crippen LogP contribution in [-0.2, 0) is 10.8 Å². The fourth-order valence-electron chi connectivity index (χ4n) is 19.3. The Kier molecular flexibility index (Phi) is 17.4. The maximum absolute atomic E-state index is 9.94. The predicted molar refractivity (Wildman–Crippen MR) is 490 cm³/mol. The van der Waals surface area contributed by atoms with Crippen molar-refractivity contribution in [2.75, 3.05) is 0 Å². The van der Waals surface area contributed by atoms with E-state index < -0.39 is 7.12 Å². The first-order valence-electron chi connectivity index (χ1n) is 39.5. The summed E-state index contributed by atoms with van der Waals surface area (Å²) in [7, 11) is -1.50. The molecule has 0 saturated heterocycles. The van der Waals surface area contributed by atoms with E-state index >= 15 is 0 Å². The van der Waals surface area contributed by atoms with Crippen LogP contribution in [0.5, 0.6) is 0 Å². The zero-order valence-electron chi connectivity index (χ0n) is 63.8. The number of fused-ring (bicyclic) bond motifs is 14. The Morgan fingerprint density at radius 3 is 0.684 bits per heavy atom. The van der Waals surface area contributed by atoms with Crippen molar-refractivity contribution in [1.29, 1.82) is 0 Å². The Labute approximate surface area is 673 Å². The van der Waals surface area contributed by atoms with E-state index in [0.717, 1.165) is 37.1 Å². The number of rotatable bonds is 8. The minimum absolute atomic E-state index is 0.0743. The second-order valence-electron chi connectivity index (χ2n) is 31.5. The zero-order valence-corrected chi connectivity index (χ0v) is 65.4. The Morgan fingerprint density at radius 1 is 0.193 bits per heavy atom. The predicted octanol–water partition coefficient (Wildman–Crippen LogP) is 29.0. The summed E-state index contributed by atoms with van der Waals surface area (Å²) < 4.78 is 1.13. The summed E-state index contributed by atoms with van der Waals surface area (Å²) in [4.78, 5) is 0. The highest BCUT2D eigenvalue weighted by molar-refractivity contribution is 9.10. The first-order valence-corrected chi connectivity index (χ1v) is 40.3. The average Bonchev–Trinajstić information content (AvgIpc) is 1.49. The lowest BCUT2D eigenvalue weighted by Gasteiger charge is -2.24. The highest BCUT2D eigenvalue weighted by Crippen LogP contribution is 2.57. The zero-order chi connectivity index (χ0) is 76.9. The second kappa shape index (κ2) is 28.3.